The molecule has 0 spiro atoms. The van der Waals surface area contributed by atoms with Crippen molar-refractivity contribution in [2.45, 2.75) is 39.5 Å². The first-order valence-corrected chi connectivity index (χ1v) is 6.50. The van der Waals surface area contributed by atoms with E-state index in [1.54, 1.807) is 12.3 Å². The number of aromatic nitrogens is 1. The molecule has 18 heavy (non-hydrogen) atoms. The van der Waals surface area contributed by atoms with Gasteiger partial charge in [0.15, 0.2) is 0 Å². The number of anilines is 1. The van der Waals surface area contributed by atoms with Gasteiger partial charge in [0.2, 0.25) is 0 Å². The molecule has 4 heteroatoms. The summed E-state index contributed by atoms with van der Waals surface area (Å²) < 4.78 is 0. The average Bonchev–Trinajstić information content (AvgIpc) is 2.77. The fraction of sp³-hybridized carbons (Fsp3) is 0.571. The minimum absolute atomic E-state index is 0.0691. The third kappa shape index (κ3) is 2.81. The molecule has 2 rings (SSSR count). The van der Waals surface area contributed by atoms with Crippen LogP contribution in [0, 0.1) is 12.3 Å². The summed E-state index contributed by atoms with van der Waals surface area (Å²) in [5, 5.41) is 3.01. The maximum atomic E-state index is 12.1. The average molecular weight is 247 g/mol. The Kier molecular flexibility index (Phi) is 3.55. The predicted octanol–water partition coefficient (Wildman–Crippen LogP) is 2.28. The molecule has 3 N–H and O–H groups in total. The lowest BCUT2D eigenvalue weighted by atomic mass is 9.89. The standard InChI is InChI=1S/C14H21N3O/c1-10-12(7-11(15)8-16-10)13(18)17-9-14(2)5-3-4-6-14/h7-8H,3-6,9,15H2,1-2H3,(H,17,18). The maximum absolute atomic E-state index is 12.1. The highest BCUT2D eigenvalue weighted by Gasteiger charge is 2.29. The second kappa shape index (κ2) is 4.96. The van der Waals surface area contributed by atoms with Gasteiger partial charge in [0.1, 0.15) is 0 Å². The number of nitrogen functional groups attached to an aromatic ring is 1. The number of rotatable bonds is 3. The highest BCUT2D eigenvalue weighted by Crippen LogP contribution is 2.36. The zero-order valence-electron chi connectivity index (χ0n) is 11.1. The Morgan fingerprint density at radius 1 is 1.50 bits per heavy atom. The normalized spacial score (nSPS) is 17.7. The molecule has 4 nitrogen and oxygen atoms in total. The molecule has 1 saturated carbocycles. The van der Waals surface area contributed by atoms with Crippen LogP contribution in [-0.4, -0.2) is 17.4 Å². The van der Waals surface area contributed by atoms with Crippen LogP contribution < -0.4 is 11.1 Å². The second-order valence-corrected chi connectivity index (χ2v) is 5.60. The van der Waals surface area contributed by atoms with Crippen LogP contribution in [0.3, 0.4) is 0 Å². The van der Waals surface area contributed by atoms with E-state index in [4.69, 9.17) is 5.73 Å². The summed E-state index contributed by atoms with van der Waals surface area (Å²) >= 11 is 0. The largest absolute Gasteiger partial charge is 0.397 e. The highest BCUT2D eigenvalue weighted by atomic mass is 16.1. The number of nitrogens with two attached hydrogens (primary N) is 1. The van der Waals surface area contributed by atoms with Crippen LogP contribution in [0.2, 0.25) is 0 Å². The molecule has 1 aliphatic rings. The summed E-state index contributed by atoms with van der Waals surface area (Å²) in [5.74, 6) is -0.0691. The molecule has 0 radical (unpaired) electrons. The van der Waals surface area contributed by atoms with Crippen LogP contribution in [0.4, 0.5) is 5.69 Å². The first-order chi connectivity index (χ1) is 8.50. The van der Waals surface area contributed by atoms with Crippen LogP contribution in [0.5, 0.6) is 0 Å². The van der Waals surface area contributed by atoms with Gasteiger partial charge in [0.05, 0.1) is 23.1 Å². The third-order valence-electron chi connectivity index (χ3n) is 3.84. The lowest BCUT2D eigenvalue weighted by molar-refractivity contribution is 0.0933. The SMILES string of the molecule is Cc1ncc(N)cc1C(=O)NCC1(C)CCCC1. The van der Waals surface area contributed by atoms with Crippen molar-refractivity contribution in [2.24, 2.45) is 5.41 Å². The van der Waals surface area contributed by atoms with Crippen molar-refractivity contribution in [1.82, 2.24) is 10.3 Å². The number of carbonyl (C=O) groups excluding carboxylic acids is 1. The van der Waals surface area contributed by atoms with E-state index in [1.165, 1.54) is 25.7 Å². The van der Waals surface area contributed by atoms with E-state index in [0.717, 1.165) is 12.2 Å². The summed E-state index contributed by atoms with van der Waals surface area (Å²) in [6.07, 6.45) is 6.50. The Morgan fingerprint density at radius 3 is 2.83 bits per heavy atom. The quantitative estimate of drug-likeness (QED) is 0.861. The van der Waals surface area contributed by atoms with Crippen LogP contribution in [-0.2, 0) is 0 Å². The van der Waals surface area contributed by atoms with Gasteiger partial charge in [-0.2, -0.15) is 0 Å². The van der Waals surface area contributed by atoms with Gasteiger partial charge in [-0.05, 0) is 31.2 Å². The molecule has 0 aromatic carbocycles. The Balaban J connectivity index is 2.01. The van der Waals surface area contributed by atoms with Crippen LogP contribution in [0.1, 0.15) is 48.7 Å². The molecule has 1 aromatic heterocycles. The van der Waals surface area contributed by atoms with Gasteiger partial charge in [-0.1, -0.05) is 19.8 Å². The van der Waals surface area contributed by atoms with Gasteiger partial charge < -0.3 is 11.1 Å². The first-order valence-electron chi connectivity index (χ1n) is 6.50. The maximum Gasteiger partial charge on any atom is 0.253 e. The van der Waals surface area contributed by atoms with Gasteiger partial charge in [-0.15, -0.1) is 0 Å². The summed E-state index contributed by atoms with van der Waals surface area (Å²) in [6, 6.07) is 1.69. The Labute approximate surface area is 108 Å². The van der Waals surface area contributed by atoms with Gasteiger partial charge >= 0.3 is 0 Å². The molecule has 1 heterocycles. The van der Waals surface area contributed by atoms with E-state index in [1.807, 2.05) is 6.92 Å². The number of nitrogens with zero attached hydrogens (tertiary/aromatic N) is 1. The van der Waals surface area contributed by atoms with Gasteiger partial charge in [0, 0.05) is 6.54 Å². The van der Waals surface area contributed by atoms with Crippen molar-refractivity contribution in [3.8, 4) is 0 Å². The van der Waals surface area contributed by atoms with E-state index < -0.39 is 0 Å². The summed E-state index contributed by atoms with van der Waals surface area (Å²) in [6.45, 7) is 4.80. The third-order valence-corrected chi connectivity index (χ3v) is 3.84. The number of pyridine rings is 1. The number of hydrogen-bond donors (Lipinski definition) is 2. The van der Waals surface area contributed by atoms with E-state index in [0.29, 0.717) is 11.3 Å². The molecule has 0 unspecified atom stereocenters. The number of amides is 1. The van der Waals surface area contributed by atoms with Crippen molar-refractivity contribution in [2.75, 3.05) is 12.3 Å². The lowest BCUT2D eigenvalue weighted by Crippen LogP contribution is -2.34. The van der Waals surface area contributed by atoms with Crippen LogP contribution in [0.25, 0.3) is 0 Å². The molecule has 0 bridgehead atoms. The van der Waals surface area contributed by atoms with Crippen molar-refractivity contribution in [3.05, 3.63) is 23.5 Å². The molecule has 0 atom stereocenters. The van der Waals surface area contributed by atoms with Crippen LogP contribution >= 0.6 is 0 Å². The fourth-order valence-corrected chi connectivity index (χ4v) is 2.57. The Bertz CT molecular complexity index is 450. The predicted molar refractivity (Wildman–Crippen MR) is 72.3 cm³/mol. The Morgan fingerprint density at radius 2 is 2.17 bits per heavy atom. The van der Waals surface area contributed by atoms with E-state index in [-0.39, 0.29) is 11.3 Å². The molecule has 1 aliphatic carbocycles. The smallest absolute Gasteiger partial charge is 0.253 e. The molecule has 1 amide bonds. The van der Waals surface area contributed by atoms with Gasteiger partial charge in [-0.25, -0.2) is 0 Å². The topological polar surface area (TPSA) is 68.0 Å². The molecule has 0 aliphatic heterocycles. The molecule has 98 valence electrons. The lowest BCUT2D eigenvalue weighted by Gasteiger charge is -2.23. The van der Waals surface area contributed by atoms with Crippen molar-refractivity contribution >= 4 is 11.6 Å². The summed E-state index contributed by atoms with van der Waals surface area (Å²) in [5.41, 5.74) is 7.75. The Hall–Kier alpha value is -1.58. The van der Waals surface area contributed by atoms with E-state index >= 15 is 0 Å². The minimum atomic E-state index is -0.0691. The number of hydrogen-bond acceptors (Lipinski definition) is 3. The van der Waals surface area contributed by atoms with Gasteiger partial charge in [0.25, 0.3) is 5.91 Å². The molecule has 1 aromatic rings. The molecule has 1 fully saturated rings. The first kappa shape index (κ1) is 12.9. The minimum Gasteiger partial charge on any atom is -0.397 e. The van der Waals surface area contributed by atoms with Crippen molar-refractivity contribution in [3.63, 3.8) is 0 Å². The van der Waals surface area contributed by atoms with Crippen molar-refractivity contribution < 1.29 is 4.79 Å². The van der Waals surface area contributed by atoms with Crippen molar-refractivity contribution in [1.29, 1.82) is 0 Å². The number of carbonyl (C=O) groups is 1. The van der Waals surface area contributed by atoms with E-state index in [9.17, 15) is 4.79 Å². The zero-order chi connectivity index (χ0) is 13.2. The highest BCUT2D eigenvalue weighted by molar-refractivity contribution is 5.95. The van der Waals surface area contributed by atoms with E-state index in [2.05, 4.69) is 17.2 Å². The molecule has 0 saturated heterocycles. The second-order valence-electron chi connectivity index (χ2n) is 5.60. The summed E-state index contributed by atoms with van der Waals surface area (Å²) in [4.78, 5) is 16.2. The zero-order valence-corrected chi connectivity index (χ0v) is 11.1. The fourth-order valence-electron chi connectivity index (χ4n) is 2.57. The van der Waals surface area contributed by atoms with Crippen LogP contribution in [0.15, 0.2) is 12.3 Å². The summed E-state index contributed by atoms with van der Waals surface area (Å²) in [7, 11) is 0. The molecular formula is C14H21N3O. The number of aryl methyl sites for hydroxylation is 1. The van der Waals surface area contributed by atoms with Gasteiger partial charge in [-0.3, -0.25) is 9.78 Å². The number of nitrogens with one attached hydrogen (secondary N) is 1. The molecular weight excluding hydrogens is 226 g/mol. The monoisotopic (exact) mass is 247 g/mol.